The molecule has 124 valence electrons. The third-order valence-electron chi connectivity index (χ3n) is 5.31. The van der Waals surface area contributed by atoms with Gasteiger partial charge in [0.1, 0.15) is 11.5 Å². The average molecular weight is 320 g/mol. The van der Waals surface area contributed by atoms with Gasteiger partial charge in [-0.15, -0.1) is 0 Å². The zero-order valence-corrected chi connectivity index (χ0v) is 14.0. The van der Waals surface area contributed by atoms with Crippen LogP contribution >= 0.6 is 0 Å². The summed E-state index contributed by atoms with van der Waals surface area (Å²) < 4.78 is 0. The molecule has 0 spiro atoms. The molecule has 0 aliphatic heterocycles. The van der Waals surface area contributed by atoms with E-state index in [0.29, 0.717) is 0 Å². The van der Waals surface area contributed by atoms with E-state index in [1.54, 1.807) is 24.3 Å². The lowest BCUT2D eigenvalue weighted by atomic mass is 9.65. The molecule has 0 atom stereocenters. The minimum atomic E-state index is -0.0881. The van der Waals surface area contributed by atoms with E-state index in [4.69, 9.17) is 0 Å². The summed E-state index contributed by atoms with van der Waals surface area (Å²) in [7, 11) is 0. The number of rotatable bonds is 4. The van der Waals surface area contributed by atoms with Crippen molar-refractivity contribution in [3.05, 3.63) is 71.8 Å². The molecule has 2 nitrogen and oxygen atoms in total. The van der Waals surface area contributed by atoms with Crippen molar-refractivity contribution in [2.75, 3.05) is 0 Å². The fraction of sp³-hybridized carbons (Fsp3) is 0.273. The summed E-state index contributed by atoms with van der Waals surface area (Å²) in [6, 6.07) is 11.7. The van der Waals surface area contributed by atoms with Crippen molar-refractivity contribution >= 4 is 12.2 Å². The minimum Gasteiger partial charge on any atom is -0.507 e. The number of phenolic OH excluding ortho intramolecular Hbond substituents is 2. The Morgan fingerprint density at radius 1 is 0.750 bits per heavy atom. The molecule has 1 aliphatic carbocycles. The highest BCUT2D eigenvalue weighted by atomic mass is 16.3. The van der Waals surface area contributed by atoms with Crippen molar-refractivity contribution in [1.82, 2.24) is 0 Å². The maximum absolute atomic E-state index is 9.99. The van der Waals surface area contributed by atoms with Gasteiger partial charge in [-0.2, -0.15) is 0 Å². The van der Waals surface area contributed by atoms with E-state index < -0.39 is 0 Å². The van der Waals surface area contributed by atoms with E-state index in [1.807, 2.05) is 24.3 Å². The van der Waals surface area contributed by atoms with Crippen LogP contribution in [0.4, 0.5) is 0 Å². The third kappa shape index (κ3) is 2.73. The van der Waals surface area contributed by atoms with Crippen LogP contribution in [0.15, 0.2) is 49.6 Å². The molecule has 2 aromatic rings. The number of hydrogen-bond donors (Lipinski definition) is 2. The molecule has 1 aliphatic rings. The lowest BCUT2D eigenvalue weighted by Crippen LogP contribution is -2.30. The van der Waals surface area contributed by atoms with E-state index in [9.17, 15) is 10.2 Å². The molecule has 0 bridgehead atoms. The fourth-order valence-corrected chi connectivity index (χ4v) is 3.93. The first-order valence-electron chi connectivity index (χ1n) is 8.52. The highest BCUT2D eigenvalue weighted by Crippen LogP contribution is 2.46. The molecule has 2 aromatic carbocycles. The summed E-state index contributed by atoms with van der Waals surface area (Å²) >= 11 is 0. The van der Waals surface area contributed by atoms with Gasteiger partial charge in [0.15, 0.2) is 0 Å². The van der Waals surface area contributed by atoms with Crippen molar-refractivity contribution in [2.24, 2.45) is 0 Å². The summed E-state index contributed by atoms with van der Waals surface area (Å²) in [5.41, 5.74) is 3.85. The molecular weight excluding hydrogens is 296 g/mol. The first kappa shape index (κ1) is 16.4. The van der Waals surface area contributed by atoms with Crippen LogP contribution in [0.25, 0.3) is 12.2 Å². The second kappa shape index (κ2) is 6.56. The molecule has 0 aromatic heterocycles. The molecule has 0 unspecified atom stereocenters. The van der Waals surface area contributed by atoms with Crippen LogP contribution in [0.2, 0.25) is 0 Å². The smallest absolute Gasteiger partial charge is 0.122 e. The van der Waals surface area contributed by atoms with Crippen molar-refractivity contribution < 1.29 is 10.2 Å². The van der Waals surface area contributed by atoms with Crippen LogP contribution in [-0.2, 0) is 5.41 Å². The Bertz CT molecular complexity index is 708. The summed E-state index contributed by atoms with van der Waals surface area (Å²) in [6.45, 7) is 7.61. The van der Waals surface area contributed by atoms with Gasteiger partial charge in [-0.3, -0.25) is 0 Å². The van der Waals surface area contributed by atoms with Gasteiger partial charge in [-0.1, -0.05) is 56.7 Å². The monoisotopic (exact) mass is 320 g/mol. The standard InChI is InChI=1S/C22H24O2/c1-3-16-14-18(8-10-20(16)23)22(12-6-5-7-13-22)19-9-11-21(24)17(4-2)15-19/h3-4,8-11,14-15,23-24H,1-2,5-7,12-13H2. The number of benzene rings is 2. The van der Waals surface area contributed by atoms with E-state index in [0.717, 1.165) is 24.0 Å². The number of hydrogen-bond acceptors (Lipinski definition) is 2. The van der Waals surface area contributed by atoms with Crippen LogP contribution in [-0.4, -0.2) is 10.2 Å². The first-order valence-corrected chi connectivity index (χ1v) is 8.52. The first-order chi connectivity index (χ1) is 11.6. The summed E-state index contributed by atoms with van der Waals surface area (Å²) in [5, 5.41) is 20.0. The zero-order chi connectivity index (χ0) is 17.2. The quantitative estimate of drug-likeness (QED) is 0.766. The van der Waals surface area contributed by atoms with E-state index in [2.05, 4.69) is 13.2 Å². The van der Waals surface area contributed by atoms with Crippen LogP contribution < -0.4 is 0 Å². The molecule has 3 rings (SSSR count). The minimum absolute atomic E-state index is 0.0881. The highest BCUT2D eigenvalue weighted by molar-refractivity contribution is 5.61. The molecule has 0 heterocycles. The number of phenols is 2. The Kier molecular flexibility index (Phi) is 4.48. The molecule has 0 radical (unpaired) electrons. The van der Waals surface area contributed by atoms with Gasteiger partial charge >= 0.3 is 0 Å². The second-order valence-corrected chi connectivity index (χ2v) is 6.60. The Hall–Kier alpha value is -2.48. The van der Waals surface area contributed by atoms with Crippen LogP contribution in [0.1, 0.15) is 54.4 Å². The largest absolute Gasteiger partial charge is 0.507 e. The predicted octanol–water partition coefficient (Wildman–Crippen LogP) is 5.63. The van der Waals surface area contributed by atoms with Gasteiger partial charge in [-0.25, -0.2) is 0 Å². The lowest BCUT2D eigenvalue weighted by molar-refractivity contribution is 0.345. The van der Waals surface area contributed by atoms with E-state index in [1.165, 1.54) is 30.4 Å². The normalized spacial score (nSPS) is 16.5. The maximum atomic E-state index is 9.99. The average Bonchev–Trinajstić information content (AvgIpc) is 2.63. The van der Waals surface area contributed by atoms with Crippen LogP contribution in [0.3, 0.4) is 0 Å². The summed E-state index contributed by atoms with van der Waals surface area (Å²) in [5.74, 6) is 0.523. The van der Waals surface area contributed by atoms with Gasteiger partial charge in [-0.05, 0) is 48.2 Å². The van der Waals surface area contributed by atoms with Crippen LogP contribution in [0, 0.1) is 0 Å². The van der Waals surface area contributed by atoms with Crippen molar-refractivity contribution in [3.8, 4) is 11.5 Å². The molecule has 2 heteroatoms. The zero-order valence-electron chi connectivity index (χ0n) is 14.0. The maximum Gasteiger partial charge on any atom is 0.122 e. The molecule has 2 N–H and O–H groups in total. The second-order valence-electron chi connectivity index (χ2n) is 6.60. The molecular formula is C22H24O2. The Morgan fingerprint density at radius 3 is 1.62 bits per heavy atom. The lowest BCUT2D eigenvalue weighted by Gasteiger charge is -2.39. The third-order valence-corrected chi connectivity index (χ3v) is 5.31. The Balaban J connectivity index is 2.18. The molecule has 0 amide bonds. The summed E-state index contributed by atoms with van der Waals surface area (Å²) in [6.07, 6.45) is 9.12. The fourth-order valence-electron chi connectivity index (χ4n) is 3.93. The molecule has 24 heavy (non-hydrogen) atoms. The van der Waals surface area contributed by atoms with Gasteiger partial charge in [0.25, 0.3) is 0 Å². The summed E-state index contributed by atoms with van der Waals surface area (Å²) in [4.78, 5) is 0. The molecule has 1 fully saturated rings. The van der Waals surface area contributed by atoms with Gasteiger partial charge < -0.3 is 10.2 Å². The topological polar surface area (TPSA) is 40.5 Å². The predicted molar refractivity (Wildman–Crippen MR) is 100 cm³/mol. The van der Waals surface area contributed by atoms with E-state index in [-0.39, 0.29) is 16.9 Å². The van der Waals surface area contributed by atoms with Crippen molar-refractivity contribution in [1.29, 1.82) is 0 Å². The molecule has 0 saturated heterocycles. The number of aromatic hydroxyl groups is 2. The van der Waals surface area contributed by atoms with Crippen LogP contribution in [0.5, 0.6) is 11.5 Å². The SMILES string of the molecule is C=Cc1cc(C2(c3ccc(O)c(C=C)c3)CCCCC2)ccc1O. The van der Waals surface area contributed by atoms with E-state index >= 15 is 0 Å². The molecule has 1 saturated carbocycles. The highest BCUT2D eigenvalue weighted by Gasteiger charge is 2.36. The van der Waals surface area contributed by atoms with Gasteiger partial charge in [0, 0.05) is 16.5 Å². The Morgan fingerprint density at radius 2 is 1.21 bits per heavy atom. The van der Waals surface area contributed by atoms with Crippen molar-refractivity contribution in [2.45, 2.75) is 37.5 Å². The Labute approximate surface area is 143 Å². The van der Waals surface area contributed by atoms with Gasteiger partial charge in [0.2, 0.25) is 0 Å². The van der Waals surface area contributed by atoms with Crippen molar-refractivity contribution in [3.63, 3.8) is 0 Å². The van der Waals surface area contributed by atoms with Gasteiger partial charge in [0.05, 0.1) is 0 Å².